The molecule has 0 fully saturated rings. The lowest BCUT2D eigenvalue weighted by Crippen LogP contribution is -2.34. The highest BCUT2D eigenvalue weighted by atomic mass is 14.9. The maximum Gasteiger partial charge on any atom is 0.0372 e. The Labute approximate surface area is 99.2 Å². The summed E-state index contributed by atoms with van der Waals surface area (Å²) in [5.74, 6) is 0. The Morgan fingerprint density at radius 3 is 2.44 bits per heavy atom. The Bertz CT molecular complexity index is 331. The second kappa shape index (κ2) is 5.46. The van der Waals surface area contributed by atoms with Gasteiger partial charge in [-0.1, -0.05) is 38.1 Å². The summed E-state index contributed by atoms with van der Waals surface area (Å²) in [6.45, 7) is 7.44. The van der Waals surface area contributed by atoms with E-state index in [2.05, 4.69) is 50.4 Å². The Balaban J connectivity index is 3.03. The number of hydrogen-bond acceptors (Lipinski definition) is 2. The maximum atomic E-state index is 5.70. The van der Waals surface area contributed by atoms with Gasteiger partial charge in [-0.25, -0.2) is 0 Å². The van der Waals surface area contributed by atoms with E-state index < -0.39 is 0 Å². The molecule has 0 spiro atoms. The van der Waals surface area contributed by atoms with Crippen LogP contribution in [0.4, 0.5) is 0 Å². The molecular formula is C14H24N2. The SMILES string of the molecule is CNC(c1ccccc1C)C(C)(C)CCN. The Morgan fingerprint density at radius 2 is 1.94 bits per heavy atom. The van der Waals surface area contributed by atoms with Gasteiger partial charge in [-0.3, -0.25) is 0 Å². The van der Waals surface area contributed by atoms with E-state index in [1.165, 1.54) is 11.1 Å². The van der Waals surface area contributed by atoms with E-state index in [9.17, 15) is 0 Å². The van der Waals surface area contributed by atoms with Crippen molar-refractivity contribution in [3.63, 3.8) is 0 Å². The van der Waals surface area contributed by atoms with Crippen LogP contribution in [0.1, 0.15) is 37.4 Å². The summed E-state index contributed by atoms with van der Waals surface area (Å²) in [6.07, 6.45) is 1.02. The van der Waals surface area contributed by atoms with Crippen molar-refractivity contribution < 1.29 is 0 Å². The fourth-order valence-corrected chi connectivity index (χ4v) is 2.39. The smallest absolute Gasteiger partial charge is 0.0372 e. The highest BCUT2D eigenvalue weighted by molar-refractivity contribution is 5.30. The van der Waals surface area contributed by atoms with E-state index in [0.717, 1.165) is 13.0 Å². The molecule has 90 valence electrons. The number of rotatable bonds is 5. The van der Waals surface area contributed by atoms with Gasteiger partial charge in [0.1, 0.15) is 0 Å². The molecule has 1 aromatic rings. The van der Waals surface area contributed by atoms with Gasteiger partial charge in [-0.2, -0.15) is 0 Å². The van der Waals surface area contributed by atoms with E-state index >= 15 is 0 Å². The van der Waals surface area contributed by atoms with Crippen molar-refractivity contribution in [2.75, 3.05) is 13.6 Å². The van der Waals surface area contributed by atoms with Crippen LogP contribution in [-0.4, -0.2) is 13.6 Å². The van der Waals surface area contributed by atoms with Gasteiger partial charge in [0.15, 0.2) is 0 Å². The Morgan fingerprint density at radius 1 is 1.31 bits per heavy atom. The number of hydrogen-bond donors (Lipinski definition) is 2. The van der Waals surface area contributed by atoms with Gasteiger partial charge in [-0.05, 0) is 43.5 Å². The molecule has 0 aliphatic carbocycles. The van der Waals surface area contributed by atoms with Crippen LogP contribution in [-0.2, 0) is 0 Å². The fraction of sp³-hybridized carbons (Fsp3) is 0.571. The molecule has 0 bridgehead atoms. The van der Waals surface area contributed by atoms with Gasteiger partial charge in [0.2, 0.25) is 0 Å². The summed E-state index contributed by atoms with van der Waals surface area (Å²) in [4.78, 5) is 0. The molecule has 1 aromatic carbocycles. The molecule has 2 nitrogen and oxygen atoms in total. The van der Waals surface area contributed by atoms with Crippen molar-refractivity contribution in [2.45, 2.75) is 33.2 Å². The molecule has 0 amide bonds. The van der Waals surface area contributed by atoms with Crippen LogP contribution >= 0.6 is 0 Å². The van der Waals surface area contributed by atoms with Crippen LogP contribution in [0.2, 0.25) is 0 Å². The van der Waals surface area contributed by atoms with Crippen molar-refractivity contribution >= 4 is 0 Å². The lowest BCUT2D eigenvalue weighted by Gasteiger charge is -2.35. The lowest BCUT2D eigenvalue weighted by molar-refractivity contribution is 0.238. The van der Waals surface area contributed by atoms with Crippen molar-refractivity contribution in [3.05, 3.63) is 35.4 Å². The van der Waals surface area contributed by atoms with E-state index in [0.29, 0.717) is 6.04 Å². The topological polar surface area (TPSA) is 38.0 Å². The third-order valence-corrected chi connectivity index (χ3v) is 3.36. The molecule has 3 N–H and O–H groups in total. The molecule has 0 aromatic heterocycles. The van der Waals surface area contributed by atoms with E-state index in [1.54, 1.807) is 0 Å². The highest BCUT2D eigenvalue weighted by Gasteiger charge is 2.29. The van der Waals surface area contributed by atoms with Gasteiger partial charge >= 0.3 is 0 Å². The van der Waals surface area contributed by atoms with Crippen LogP contribution in [0.3, 0.4) is 0 Å². The maximum absolute atomic E-state index is 5.70. The minimum Gasteiger partial charge on any atom is -0.330 e. The summed E-state index contributed by atoms with van der Waals surface area (Å²) < 4.78 is 0. The van der Waals surface area contributed by atoms with Gasteiger partial charge in [0, 0.05) is 6.04 Å². The largest absolute Gasteiger partial charge is 0.330 e. The summed E-state index contributed by atoms with van der Waals surface area (Å²) in [5, 5.41) is 3.43. The van der Waals surface area contributed by atoms with Crippen molar-refractivity contribution in [1.29, 1.82) is 0 Å². The van der Waals surface area contributed by atoms with Gasteiger partial charge in [-0.15, -0.1) is 0 Å². The Kier molecular flexibility index (Phi) is 4.51. The second-order valence-corrected chi connectivity index (χ2v) is 5.11. The molecule has 1 unspecified atom stereocenters. The molecule has 2 heteroatoms. The standard InChI is InChI=1S/C14H24N2/c1-11-7-5-6-8-12(11)13(16-4)14(2,3)9-10-15/h5-8,13,16H,9-10,15H2,1-4H3. The van der Waals surface area contributed by atoms with Crippen LogP contribution in [0, 0.1) is 12.3 Å². The van der Waals surface area contributed by atoms with Crippen molar-refractivity contribution in [1.82, 2.24) is 5.32 Å². The van der Waals surface area contributed by atoms with Crippen LogP contribution in [0.15, 0.2) is 24.3 Å². The predicted molar refractivity (Wildman–Crippen MR) is 70.4 cm³/mol. The first-order valence-electron chi connectivity index (χ1n) is 5.96. The molecular weight excluding hydrogens is 196 g/mol. The minimum atomic E-state index is 0.176. The Hall–Kier alpha value is -0.860. The molecule has 1 rings (SSSR count). The zero-order chi connectivity index (χ0) is 12.2. The summed E-state index contributed by atoms with van der Waals surface area (Å²) in [5.41, 5.74) is 8.59. The predicted octanol–water partition coefficient (Wildman–Crippen LogP) is 2.63. The zero-order valence-corrected chi connectivity index (χ0v) is 10.9. The molecule has 1 atom stereocenters. The molecule has 0 heterocycles. The monoisotopic (exact) mass is 220 g/mol. The lowest BCUT2D eigenvalue weighted by atomic mass is 9.77. The average molecular weight is 220 g/mol. The number of aryl methyl sites for hydroxylation is 1. The molecule has 0 saturated carbocycles. The second-order valence-electron chi connectivity index (χ2n) is 5.11. The van der Waals surface area contributed by atoms with Gasteiger partial charge < -0.3 is 11.1 Å². The first-order chi connectivity index (χ1) is 7.53. The van der Waals surface area contributed by atoms with Crippen molar-refractivity contribution in [2.24, 2.45) is 11.1 Å². The number of nitrogens with one attached hydrogen (secondary N) is 1. The minimum absolute atomic E-state index is 0.176. The first kappa shape index (κ1) is 13.2. The first-order valence-corrected chi connectivity index (χ1v) is 5.96. The summed E-state index contributed by atoms with van der Waals surface area (Å²) >= 11 is 0. The normalized spacial score (nSPS) is 13.8. The fourth-order valence-electron chi connectivity index (χ4n) is 2.39. The van der Waals surface area contributed by atoms with Gasteiger partial charge in [0.05, 0.1) is 0 Å². The van der Waals surface area contributed by atoms with E-state index in [4.69, 9.17) is 5.73 Å². The van der Waals surface area contributed by atoms with E-state index in [1.807, 2.05) is 7.05 Å². The molecule has 0 radical (unpaired) electrons. The average Bonchev–Trinajstić information content (AvgIpc) is 2.21. The van der Waals surface area contributed by atoms with Crippen LogP contribution < -0.4 is 11.1 Å². The molecule has 0 aliphatic heterocycles. The summed E-state index contributed by atoms with van der Waals surface area (Å²) in [6, 6.07) is 8.91. The molecule has 0 saturated heterocycles. The van der Waals surface area contributed by atoms with Crippen molar-refractivity contribution in [3.8, 4) is 0 Å². The van der Waals surface area contributed by atoms with Crippen LogP contribution in [0.25, 0.3) is 0 Å². The third-order valence-electron chi connectivity index (χ3n) is 3.36. The van der Waals surface area contributed by atoms with Gasteiger partial charge in [0.25, 0.3) is 0 Å². The molecule has 0 aliphatic rings. The third kappa shape index (κ3) is 2.83. The van der Waals surface area contributed by atoms with E-state index in [-0.39, 0.29) is 5.41 Å². The quantitative estimate of drug-likeness (QED) is 0.800. The highest BCUT2D eigenvalue weighted by Crippen LogP contribution is 2.36. The number of benzene rings is 1. The number of nitrogens with two attached hydrogens (primary N) is 1. The molecule has 16 heavy (non-hydrogen) atoms. The van der Waals surface area contributed by atoms with Crippen LogP contribution in [0.5, 0.6) is 0 Å². The zero-order valence-electron chi connectivity index (χ0n) is 10.9. The summed E-state index contributed by atoms with van der Waals surface area (Å²) in [7, 11) is 2.02.